The first-order chi connectivity index (χ1) is 9.61. The molecule has 20 heavy (non-hydrogen) atoms. The summed E-state index contributed by atoms with van der Waals surface area (Å²) >= 11 is 0. The third-order valence-electron chi connectivity index (χ3n) is 2.75. The highest BCUT2D eigenvalue weighted by molar-refractivity contribution is 5.75. The number of rotatable bonds is 3. The molecule has 98 valence electrons. The zero-order valence-corrected chi connectivity index (χ0v) is 10.4. The predicted octanol–water partition coefficient (Wildman–Crippen LogP) is 3.34. The lowest BCUT2D eigenvalue weighted by atomic mass is 10.1. The molecule has 0 atom stereocenters. The average Bonchev–Trinajstić information content (AvgIpc) is 2.46. The Bertz CT molecular complexity index is 730. The van der Waals surface area contributed by atoms with Gasteiger partial charge in [-0.1, -0.05) is 30.4 Å². The molecular weight excluding hydrogens is 256 g/mol. The first-order valence-corrected chi connectivity index (χ1v) is 5.76. The Kier molecular flexibility index (Phi) is 3.77. The van der Waals surface area contributed by atoms with Gasteiger partial charge in [-0.05, 0) is 17.7 Å². The lowest BCUT2D eigenvalue weighted by Crippen LogP contribution is -1.88. The van der Waals surface area contributed by atoms with Crippen molar-refractivity contribution in [2.24, 2.45) is 0 Å². The second-order valence-corrected chi connectivity index (χ2v) is 4.03. The summed E-state index contributed by atoms with van der Waals surface area (Å²) in [5, 5.41) is 29.3. The van der Waals surface area contributed by atoms with Gasteiger partial charge in [-0.3, -0.25) is 10.1 Å². The Morgan fingerprint density at radius 2 is 1.85 bits per heavy atom. The summed E-state index contributed by atoms with van der Waals surface area (Å²) < 4.78 is 0. The van der Waals surface area contributed by atoms with E-state index < -0.39 is 4.92 Å². The van der Waals surface area contributed by atoms with Gasteiger partial charge in [-0.25, -0.2) is 0 Å². The van der Waals surface area contributed by atoms with Crippen molar-refractivity contribution >= 4 is 17.8 Å². The number of aromatic hydroxyl groups is 1. The molecule has 2 aromatic rings. The van der Waals surface area contributed by atoms with E-state index in [0.717, 1.165) is 0 Å². The van der Waals surface area contributed by atoms with Gasteiger partial charge in [-0.15, -0.1) is 0 Å². The van der Waals surface area contributed by atoms with E-state index in [1.165, 1.54) is 18.2 Å². The standard InChI is InChI=1S/C15H10N2O3/c16-10-13-4-2-1-3-11(13)5-6-12-9-14(17(19)20)7-8-15(12)18/h1-9,18H/b6-5+. The zero-order valence-electron chi connectivity index (χ0n) is 10.4. The van der Waals surface area contributed by atoms with E-state index >= 15 is 0 Å². The molecule has 0 fully saturated rings. The van der Waals surface area contributed by atoms with E-state index in [9.17, 15) is 15.2 Å². The van der Waals surface area contributed by atoms with Gasteiger partial charge in [0.2, 0.25) is 0 Å². The maximum Gasteiger partial charge on any atom is 0.270 e. The fourth-order valence-corrected chi connectivity index (χ4v) is 1.71. The first kappa shape index (κ1) is 13.3. The molecule has 0 amide bonds. The Balaban J connectivity index is 2.39. The highest BCUT2D eigenvalue weighted by Gasteiger charge is 2.08. The molecule has 5 nitrogen and oxygen atoms in total. The zero-order chi connectivity index (χ0) is 14.5. The van der Waals surface area contributed by atoms with Gasteiger partial charge in [-0.2, -0.15) is 5.26 Å². The number of nitro groups is 1. The van der Waals surface area contributed by atoms with Crippen molar-refractivity contribution < 1.29 is 10.0 Å². The van der Waals surface area contributed by atoms with Crippen LogP contribution in [0.15, 0.2) is 42.5 Å². The molecule has 0 radical (unpaired) electrons. The fourth-order valence-electron chi connectivity index (χ4n) is 1.71. The number of hydrogen-bond donors (Lipinski definition) is 1. The number of hydrogen-bond acceptors (Lipinski definition) is 4. The van der Waals surface area contributed by atoms with Gasteiger partial charge in [0, 0.05) is 17.7 Å². The van der Waals surface area contributed by atoms with E-state index in [1.807, 2.05) is 0 Å². The first-order valence-electron chi connectivity index (χ1n) is 5.76. The number of nitrogens with zero attached hydrogens (tertiary/aromatic N) is 2. The Hall–Kier alpha value is -3.13. The van der Waals surface area contributed by atoms with Gasteiger partial charge in [0.05, 0.1) is 16.6 Å². The van der Waals surface area contributed by atoms with Crippen LogP contribution in [0, 0.1) is 21.4 Å². The van der Waals surface area contributed by atoms with Crippen LogP contribution in [0.1, 0.15) is 16.7 Å². The molecule has 0 unspecified atom stereocenters. The minimum atomic E-state index is -0.528. The topological polar surface area (TPSA) is 87.2 Å². The maximum atomic E-state index is 10.7. The van der Waals surface area contributed by atoms with Crippen molar-refractivity contribution in [1.29, 1.82) is 5.26 Å². The van der Waals surface area contributed by atoms with Gasteiger partial charge in [0.15, 0.2) is 0 Å². The van der Waals surface area contributed by atoms with Crippen LogP contribution in [0.2, 0.25) is 0 Å². The lowest BCUT2D eigenvalue weighted by Gasteiger charge is -2.00. The highest BCUT2D eigenvalue weighted by Crippen LogP contribution is 2.25. The molecule has 0 aliphatic carbocycles. The molecule has 0 spiro atoms. The molecule has 0 heterocycles. The van der Waals surface area contributed by atoms with Crippen molar-refractivity contribution in [2.75, 3.05) is 0 Å². The Morgan fingerprint density at radius 3 is 2.55 bits per heavy atom. The summed E-state index contributed by atoms with van der Waals surface area (Å²) in [6.07, 6.45) is 3.18. The summed E-state index contributed by atoms with van der Waals surface area (Å²) in [5.74, 6) is -0.0544. The molecule has 0 saturated heterocycles. The van der Waals surface area contributed by atoms with Crippen LogP contribution in [0.25, 0.3) is 12.2 Å². The van der Waals surface area contributed by atoms with E-state index in [2.05, 4.69) is 6.07 Å². The molecule has 5 heteroatoms. The Labute approximate surface area is 115 Å². The van der Waals surface area contributed by atoms with Gasteiger partial charge >= 0.3 is 0 Å². The summed E-state index contributed by atoms with van der Waals surface area (Å²) in [7, 11) is 0. The molecule has 0 bridgehead atoms. The van der Waals surface area contributed by atoms with E-state index in [1.54, 1.807) is 36.4 Å². The minimum Gasteiger partial charge on any atom is -0.507 e. The number of nitro benzene ring substituents is 1. The number of benzene rings is 2. The van der Waals surface area contributed by atoms with Gasteiger partial charge in [0.25, 0.3) is 5.69 Å². The molecule has 0 saturated carbocycles. The van der Waals surface area contributed by atoms with Crippen LogP contribution >= 0.6 is 0 Å². The van der Waals surface area contributed by atoms with Crippen LogP contribution in [-0.4, -0.2) is 10.0 Å². The fraction of sp³-hybridized carbons (Fsp3) is 0. The molecule has 0 aromatic heterocycles. The lowest BCUT2D eigenvalue weighted by molar-refractivity contribution is -0.384. The second kappa shape index (κ2) is 5.67. The number of phenols is 1. The number of nitriles is 1. The molecular formula is C15H10N2O3. The van der Waals surface area contributed by atoms with Crippen molar-refractivity contribution in [2.45, 2.75) is 0 Å². The van der Waals surface area contributed by atoms with Crippen molar-refractivity contribution in [3.05, 3.63) is 69.3 Å². The van der Waals surface area contributed by atoms with Crippen LogP contribution in [0.5, 0.6) is 5.75 Å². The molecule has 0 aliphatic rings. The number of non-ortho nitro benzene ring substituents is 1. The minimum absolute atomic E-state index is 0.0544. The van der Waals surface area contributed by atoms with Crippen molar-refractivity contribution in [3.8, 4) is 11.8 Å². The summed E-state index contributed by atoms with van der Waals surface area (Å²) in [5.41, 5.74) is 1.40. The summed E-state index contributed by atoms with van der Waals surface area (Å²) in [4.78, 5) is 10.2. The molecule has 2 aromatic carbocycles. The largest absolute Gasteiger partial charge is 0.507 e. The van der Waals surface area contributed by atoms with Gasteiger partial charge < -0.3 is 5.11 Å². The molecule has 2 rings (SSSR count). The van der Waals surface area contributed by atoms with E-state index in [-0.39, 0.29) is 11.4 Å². The molecule has 0 aliphatic heterocycles. The highest BCUT2D eigenvalue weighted by atomic mass is 16.6. The van der Waals surface area contributed by atoms with E-state index in [4.69, 9.17) is 5.26 Å². The average molecular weight is 266 g/mol. The van der Waals surface area contributed by atoms with Crippen molar-refractivity contribution in [1.82, 2.24) is 0 Å². The Morgan fingerprint density at radius 1 is 1.15 bits per heavy atom. The number of phenolic OH excluding ortho intramolecular Hbond substituents is 1. The molecule has 1 N–H and O–H groups in total. The van der Waals surface area contributed by atoms with Crippen LogP contribution in [0.3, 0.4) is 0 Å². The van der Waals surface area contributed by atoms with Gasteiger partial charge in [0.1, 0.15) is 5.75 Å². The van der Waals surface area contributed by atoms with Crippen LogP contribution in [-0.2, 0) is 0 Å². The SMILES string of the molecule is N#Cc1ccccc1/C=C/c1cc([N+](=O)[O-])ccc1O. The normalized spacial score (nSPS) is 10.3. The third-order valence-corrected chi connectivity index (χ3v) is 2.75. The van der Waals surface area contributed by atoms with Crippen LogP contribution in [0.4, 0.5) is 5.69 Å². The van der Waals surface area contributed by atoms with Crippen molar-refractivity contribution in [3.63, 3.8) is 0 Å². The van der Waals surface area contributed by atoms with Crippen LogP contribution < -0.4 is 0 Å². The van der Waals surface area contributed by atoms with E-state index in [0.29, 0.717) is 16.7 Å². The second-order valence-electron chi connectivity index (χ2n) is 4.03. The quantitative estimate of drug-likeness (QED) is 0.524. The predicted molar refractivity (Wildman–Crippen MR) is 74.8 cm³/mol. The third kappa shape index (κ3) is 2.82. The summed E-state index contributed by atoms with van der Waals surface area (Å²) in [6, 6.07) is 12.8. The smallest absolute Gasteiger partial charge is 0.270 e. The maximum absolute atomic E-state index is 10.7. The summed E-state index contributed by atoms with van der Waals surface area (Å²) in [6.45, 7) is 0. The monoisotopic (exact) mass is 266 g/mol.